The van der Waals surface area contributed by atoms with Crippen molar-refractivity contribution < 1.29 is 19.5 Å². The van der Waals surface area contributed by atoms with E-state index < -0.39 is 12.0 Å². The Bertz CT molecular complexity index is 691. The van der Waals surface area contributed by atoms with Crippen LogP contribution in [0.15, 0.2) is 18.2 Å². The molecule has 10 heteroatoms. The van der Waals surface area contributed by atoms with Crippen molar-refractivity contribution in [3.05, 3.63) is 28.2 Å². The zero-order valence-electron chi connectivity index (χ0n) is 16.4. The highest BCUT2D eigenvalue weighted by atomic mass is 35.5. The molecule has 8 nitrogen and oxygen atoms in total. The lowest BCUT2D eigenvalue weighted by Crippen LogP contribution is -2.39. The summed E-state index contributed by atoms with van der Waals surface area (Å²) in [5.41, 5.74) is 10.9. The van der Waals surface area contributed by atoms with Crippen LogP contribution in [0.5, 0.6) is 0 Å². The number of rotatable bonds is 4. The van der Waals surface area contributed by atoms with Gasteiger partial charge in [-0.3, -0.25) is 9.59 Å². The van der Waals surface area contributed by atoms with Crippen molar-refractivity contribution in [2.75, 3.05) is 18.8 Å². The van der Waals surface area contributed by atoms with Gasteiger partial charge in [0.2, 0.25) is 11.8 Å². The number of carbonyl (C=O) groups is 3. The highest BCUT2D eigenvalue weighted by Crippen LogP contribution is 2.25. The number of likely N-dealkylation sites (tertiary alicyclic amines) is 1. The number of anilines is 1. The summed E-state index contributed by atoms with van der Waals surface area (Å²) in [6, 6.07) is 4.85. The van der Waals surface area contributed by atoms with E-state index in [0.717, 1.165) is 19.4 Å². The lowest BCUT2D eigenvalue weighted by Gasteiger charge is -2.19. The molecule has 0 spiro atoms. The number of primary amides is 1. The fourth-order valence-corrected chi connectivity index (χ4v) is 3.29. The molecule has 2 saturated heterocycles. The van der Waals surface area contributed by atoms with Gasteiger partial charge in [-0.2, -0.15) is 0 Å². The summed E-state index contributed by atoms with van der Waals surface area (Å²) in [4.78, 5) is 33.2. The molecule has 2 aliphatic rings. The molecular weight excluding hydrogens is 419 g/mol. The molecule has 29 heavy (non-hydrogen) atoms. The molecule has 2 fully saturated rings. The number of carboxylic acid groups (broad SMARTS) is 1. The summed E-state index contributed by atoms with van der Waals surface area (Å²) in [5, 5.41) is 12.8. The molecule has 0 saturated carbocycles. The van der Waals surface area contributed by atoms with Crippen LogP contribution in [0, 0.1) is 0 Å². The second-order valence-corrected chi connectivity index (χ2v) is 7.62. The zero-order chi connectivity index (χ0) is 22.0. The molecule has 162 valence electrons. The maximum absolute atomic E-state index is 11.0. The van der Waals surface area contributed by atoms with E-state index in [1.54, 1.807) is 18.2 Å². The van der Waals surface area contributed by atoms with Gasteiger partial charge in [-0.15, -0.1) is 0 Å². The molecule has 0 aliphatic carbocycles. The minimum atomic E-state index is -0.930. The minimum absolute atomic E-state index is 0.0418. The van der Waals surface area contributed by atoms with E-state index in [2.05, 4.69) is 5.32 Å². The largest absolute Gasteiger partial charge is 0.480 e. The Morgan fingerprint density at radius 3 is 2.31 bits per heavy atom. The second-order valence-electron chi connectivity index (χ2n) is 6.80. The topological polar surface area (TPSA) is 139 Å². The molecule has 2 aliphatic heterocycles. The van der Waals surface area contributed by atoms with Gasteiger partial charge in [0.25, 0.3) is 0 Å². The second kappa shape index (κ2) is 12.5. The number of nitrogen functional groups attached to an aromatic ring is 1. The number of nitrogens with zero attached hydrogens (tertiary/aromatic N) is 1. The van der Waals surface area contributed by atoms with Gasteiger partial charge in [0.05, 0.1) is 15.7 Å². The molecule has 0 aromatic heterocycles. The summed E-state index contributed by atoms with van der Waals surface area (Å²) in [7, 11) is 0. The third-order valence-electron chi connectivity index (χ3n) is 4.54. The molecule has 0 radical (unpaired) electrons. The number of halogens is 2. The maximum atomic E-state index is 11.0. The maximum Gasteiger partial charge on any atom is 0.326 e. The summed E-state index contributed by atoms with van der Waals surface area (Å²) < 4.78 is 0. The first-order valence-electron chi connectivity index (χ1n) is 9.37. The van der Waals surface area contributed by atoms with Crippen molar-refractivity contribution in [2.45, 2.75) is 51.1 Å². The molecule has 0 bridgehead atoms. The summed E-state index contributed by atoms with van der Waals surface area (Å²) in [6.45, 7) is 3.16. The smallest absolute Gasteiger partial charge is 0.326 e. The Labute approximate surface area is 180 Å². The van der Waals surface area contributed by atoms with Crippen molar-refractivity contribution in [1.82, 2.24) is 10.2 Å². The zero-order valence-corrected chi connectivity index (χ0v) is 17.9. The van der Waals surface area contributed by atoms with Gasteiger partial charge in [0.1, 0.15) is 6.04 Å². The fourth-order valence-electron chi connectivity index (χ4n) is 2.90. The van der Waals surface area contributed by atoms with Gasteiger partial charge < -0.3 is 26.8 Å². The number of amides is 2. The number of para-hydroxylation sites is 1. The normalized spacial score (nSPS) is 18.9. The number of nitrogens with one attached hydrogen (secondary N) is 1. The molecular formula is C19H28Cl2N4O4. The summed E-state index contributed by atoms with van der Waals surface area (Å²) >= 11 is 11.2. The number of benzene rings is 1. The molecule has 2 heterocycles. The van der Waals surface area contributed by atoms with E-state index in [1.807, 2.05) is 0 Å². The van der Waals surface area contributed by atoms with Crippen LogP contribution in [0.2, 0.25) is 10.0 Å². The number of carboxylic acids is 1. The molecule has 2 atom stereocenters. The lowest BCUT2D eigenvalue weighted by molar-refractivity contribution is -0.147. The Hall–Kier alpha value is -2.03. The highest BCUT2D eigenvalue weighted by Gasteiger charge is 2.28. The average Bonchev–Trinajstić information content (AvgIpc) is 3.31. The highest BCUT2D eigenvalue weighted by molar-refractivity contribution is 6.38. The van der Waals surface area contributed by atoms with Crippen LogP contribution in [0.3, 0.4) is 0 Å². The molecule has 1 aromatic rings. The number of nitrogens with two attached hydrogens (primary N) is 2. The third kappa shape index (κ3) is 8.89. The fraction of sp³-hybridized carbons (Fsp3) is 0.526. The standard InChI is InChI=1S/C7H11NO3.C6H5Cl2N.C6H12N2O/c1-5(7(10)11)8-4-2-3-6(8)9;7-4-2-1-3-5(8)6(4)9;7-6(9)4-5-2-1-3-8-5/h5H,2-4H2,1H3,(H,10,11);1-3H,9H2;5,8H,1-4H2,(H2,7,9). The van der Waals surface area contributed by atoms with Crippen LogP contribution in [0.25, 0.3) is 0 Å². The number of hydrogen-bond donors (Lipinski definition) is 4. The first kappa shape index (κ1) is 25.0. The van der Waals surface area contributed by atoms with Gasteiger partial charge in [-0.1, -0.05) is 29.3 Å². The Kier molecular flexibility index (Phi) is 10.8. The summed E-state index contributed by atoms with van der Waals surface area (Å²) in [6.07, 6.45) is 4.06. The lowest BCUT2D eigenvalue weighted by atomic mass is 10.1. The van der Waals surface area contributed by atoms with Crippen molar-refractivity contribution in [3.63, 3.8) is 0 Å². The van der Waals surface area contributed by atoms with Gasteiger partial charge in [0, 0.05) is 25.4 Å². The predicted molar refractivity (Wildman–Crippen MR) is 114 cm³/mol. The van der Waals surface area contributed by atoms with Crippen molar-refractivity contribution >= 4 is 46.7 Å². The first-order chi connectivity index (χ1) is 13.6. The Balaban J connectivity index is 0.000000219. The minimum Gasteiger partial charge on any atom is -0.480 e. The quantitative estimate of drug-likeness (QED) is 0.523. The average molecular weight is 447 g/mol. The van der Waals surface area contributed by atoms with Gasteiger partial charge in [-0.05, 0) is 44.9 Å². The molecule has 2 amide bonds. The van der Waals surface area contributed by atoms with Crippen LogP contribution in [0.4, 0.5) is 5.69 Å². The van der Waals surface area contributed by atoms with Crippen LogP contribution in [-0.4, -0.2) is 53.0 Å². The van der Waals surface area contributed by atoms with E-state index in [9.17, 15) is 14.4 Å². The van der Waals surface area contributed by atoms with Crippen LogP contribution in [0.1, 0.15) is 39.0 Å². The molecule has 3 rings (SSSR count). The van der Waals surface area contributed by atoms with E-state index in [1.165, 1.54) is 18.2 Å². The van der Waals surface area contributed by atoms with Gasteiger partial charge in [0.15, 0.2) is 0 Å². The SMILES string of the molecule is CC(C(=O)O)N1CCCC1=O.NC(=O)CC1CCCN1.Nc1c(Cl)cccc1Cl. The number of hydrogen-bond acceptors (Lipinski definition) is 5. The number of aliphatic carboxylic acids is 1. The van der Waals surface area contributed by atoms with Gasteiger partial charge in [-0.25, -0.2) is 4.79 Å². The van der Waals surface area contributed by atoms with E-state index in [0.29, 0.717) is 41.2 Å². The van der Waals surface area contributed by atoms with E-state index in [-0.39, 0.29) is 11.8 Å². The van der Waals surface area contributed by atoms with Gasteiger partial charge >= 0.3 is 5.97 Å². The van der Waals surface area contributed by atoms with E-state index in [4.69, 9.17) is 39.8 Å². The predicted octanol–water partition coefficient (Wildman–Crippen LogP) is 2.27. The molecule has 1 aromatic carbocycles. The molecule has 6 N–H and O–H groups in total. The third-order valence-corrected chi connectivity index (χ3v) is 5.20. The van der Waals surface area contributed by atoms with Crippen LogP contribution < -0.4 is 16.8 Å². The van der Waals surface area contributed by atoms with Crippen molar-refractivity contribution in [3.8, 4) is 0 Å². The first-order valence-corrected chi connectivity index (χ1v) is 10.1. The number of carbonyl (C=O) groups excluding carboxylic acids is 2. The Morgan fingerprint density at radius 1 is 1.31 bits per heavy atom. The Morgan fingerprint density at radius 2 is 1.93 bits per heavy atom. The summed E-state index contributed by atoms with van der Waals surface area (Å²) in [5.74, 6) is -1.17. The van der Waals surface area contributed by atoms with Crippen molar-refractivity contribution in [2.24, 2.45) is 5.73 Å². The van der Waals surface area contributed by atoms with E-state index >= 15 is 0 Å². The van der Waals surface area contributed by atoms with Crippen LogP contribution >= 0.6 is 23.2 Å². The van der Waals surface area contributed by atoms with Crippen LogP contribution in [-0.2, 0) is 14.4 Å². The monoisotopic (exact) mass is 446 g/mol. The molecule has 2 unspecified atom stereocenters. The van der Waals surface area contributed by atoms with Crippen molar-refractivity contribution in [1.29, 1.82) is 0 Å².